The average Bonchev–Trinajstić information content (AvgIpc) is 2.36. The van der Waals surface area contributed by atoms with Crippen molar-refractivity contribution in [1.82, 2.24) is 9.88 Å². The number of amides is 1. The maximum absolute atomic E-state index is 12.2. The zero-order valence-electron chi connectivity index (χ0n) is 11.4. The summed E-state index contributed by atoms with van der Waals surface area (Å²) >= 11 is 4.88. The van der Waals surface area contributed by atoms with E-state index < -0.39 is 5.54 Å². The van der Waals surface area contributed by atoms with Gasteiger partial charge in [-0.25, -0.2) is 0 Å². The molecule has 5 nitrogen and oxygen atoms in total. The summed E-state index contributed by atoms with van der Waals surface area (Å²) in [6.07, 6.45) is 1.72. The number of hydrogen-bond donors (Lipinski definition) is 1. The Morgan fingerprint density at radius 3 is 2.63 bits per heavy atom. The summed E-state index contributed by atoms with van der Waals surface area (Å²) in [5.41, 5.74) is 6.46. The van der Waals surface area contributed by atoms with Gasteiger partial charge < -0.3 is 15.5 Å². The summed E-state index contributed by atoms with van der Waals surface area (Å²) < 4.78 is 0. The monoisotopic (exact) mass is 278 g/mol. The van der Waals surface area contributed by atoms with Gasteiger partial charge in [0.2, 0.25) is 5.91 Å². The third-order valence-corrected chi connectivity index (χ3v) is 3.73. The van der Waals surface area contributed by atoms with Crippen LogP contribution in [0.2, 0.25) is 0 Å². The molecule has 102 valence electrons. The SMILES string of the molecule is CN1CCN(c2ccc(C(N)=S)nc2)C(C)(C)C1=O. The molecule has 0 radical (unpaired) electrons. The van der Waals surface area contributed by atoms with Crippen LogP contribution < -0.4 is 10.6 Å². The maximum Gasteiger partial charge on any atom is 0.247 e. The molecule has 19 heavy (non-hydrogen) atoms. The third kappa shape index (κ3) is 2.40. The first kappa shape index (κ1) is 13.7. The molecule has 0 aromatic carbocycles. The molecule has 1 aliphatic heterocycles. The number of rotatable bonds is 2. The number of likely N-dealkylation sites (N-methyl/N-ethyl adjacent to an activating group) is 1. The quantitative estimate of drug-likeness (QED) is 0.810. The predicted molar refractivity (Wildman–Crippen MR) is 79.2 cm³/mol. The van der Waals surface area contributed by atoms with Crippen molar-refractivity contribution in [1.29, 1.82) is 0 Å². The van der Waals surface area contributed by atoms with Gasteiger partial charge in [0.05, 0.1) is 17.6 Å². The van der Waals surface area contributed by atoms with Crippen molar-refractivity contribution in [3.63, 3.8) is 0 Å². The molecule has 1 aliphatic rings. The van der Waals surface area contributed by atoms with Crippen LogP contribution in [-0.2, 0) is 4.79 Å². The first-order chi connectivity index (χ1) is 8.84. The van der Waals surface area contributed by atoms with E-state index in [1.54, 1.807) is 17.2 Å². The van der Waals surface area contributed by atoms with Gasteiger partial charge in [0.25, 0.3) is 0 Å². The Morgan fingerprint density at radius 2 is 2.11 bits per heavy atom. The topological polar surface area (TPSA) is 62.5 Å². The molecule has 1 saturated heterocycles. The smallest absolute Gasteiger partial charge is 0.247 e. The van der Waals surface area contributed by atoms with Gasteiger partial charge in [-0.2, -0.15) is 0 Å². The van der Waals surface area contributed by atoms with Crippen LogP contribution in [0.3, 0.4) is 0 Å². The lowest BCUT2D eigenvalue weighted by Gasteiger charge is -2.46. The fourth-order valence-corrected chi connectivity index (χ4v) is 2.48. The molecule has 1 aromatic heterocycles. The van der Waals surface area contributed by atoms with E-state index in [4.69, 9.17) is 18.0 Å². The van der Waals surface area contributed by atoms with Crippen molar-refractivity contribution < 1.29 is 4.79 Å². The predicted octanol–water partition coefficient (Wildman–Crippen LogP) is 0.773. The van der Waals surface area contributed by atoms with Crippen LogP contribution in [0.5, 0.6) is 0 Å². The van der Waals surface area contributed by atoms with Crippen molar-refractivity contribution in [2.45, 2.75) is 19.4 Å². The normalized spacial score (nSPS) is 18.6. The number of nitrogens with zero attached hydrogens (tertiary/aromatic N) is 3. The largest absolute Gasteiger partial charge is 0.388 e. The zero-order chi connectivity index (χ0) is 14.2. The van der Waals surface area contributed by atoms with Crippen LogP contribution >= 0.6 is 12.2 Å². The van der Waals surface area contributed by atoms with Crippen LogP contribution in [0, 0.1) is 0 Å². The van der Waals surface area contributed by atoms with E-state index >= 15 is 0 Å². The van der Waals surface area contributed by atoms with E-state index in [0.29, 0.717) is 12.2 Å². The van der Waals surface area contributed by atoms with E-state index in [-0.39, 0.29) is 10.9 Å². The van der Waals surface area contributed by atoms with E-state index in [9.17, 15) is 4.79 Å². The summed E-state index contributed by atoms with van der Waals surface area (Å²) in [4.78, 5) is 20.6. The lowest BCUT2D eigenvalue weighted by molar-refractivity contribution is -0.136. The lowest BCUT2D eigenvalue weighted by Crippen LogP contribution is -2.62. The second kappa shape index (κ2) is 4.77. The summed E-state index contributed by atoms with van der Waals surface area (Å²) in [5, 5.41) is 0. The van der Waals surface area contributed by atoms with Gasteiger partial charge in [-0.1, -0.05) is 12.2 Å². The van der Waals surface area contributed by atoms with Gasteiger partial charge in [0, 0.05) is 20.1 Å². The molecule has 2 rings (SSSR count). The molecular formula is C13H18N4OS. The number of pyridine rings is 1. The molecule has 0 saturated carbocycles. The molecule has 0 bridgehead atoms. The number of nitrogens with two attached hydrogens (primary N) is 1. The van der Waals surface area contributed by atoms with Crippen molar-refractivity contribution in [2.24, 2.45) is 5.73 Å². The zero-order valence-corrected chi connectivity index (χ0v) is 12.2. The minimum absolute atomic E-state index is 0.108. The molecular weight excluding hydrogens is 260 g/mol. The van der Waals surface area contributed by atoms with Gasteiger partial charge in [0.1, 0.15) is 10.5 Å². The van der Waals surface area contributed by atoms with Crippen molar-refractivity contribution in [3.8, 4) is 0 Å². The van der Waals surface area contributed by atoms with Crippen molar-refractivity contribution in [3.05, 3.63) is 24.0 Å². The summed E-state index contributed by atoms with van der Waals surface area (Å²) in [6, 6.07) is 3.69. The van der Waals surface area contributed by atoms with Gasteiger partial charge in [-0.15, -0.1) is 0 Å². The number of aromatic nitrogens is 1. The van der Waals surface area contributed by atoms with Gasteiger partial charge in [0.15, 0.2) is 0 Å². The molecule has 2 heterocycles. The highest BCUT2D eigenvalue weighted by Gasteiger charge is 2.40. The maximum atomic E-state index is 12.2. The Balaban J connectivity index is 2.31. The Hall–Kier alpha value is -1.69. The average molecular weight is 278 g/mol. The highest BCUT2D eigenvalue weighted by molar-refractivity contribution is 7.80. The highest BCUT2D eigenvalue weighted by Crippen LogP contribution is 2.27. The number of anilines is 1. The second-order valence-electron chi connectivity index (χ2n) is 5.20. The summed E-state index contributed by atoms with van der Waals surface area (Å²) in [5.74, 6) is 0.108. The van der Waals surface area contributed by atoms with E-state index in [1.165, 1.54) is 0 Å². The van der Waals surface area contributed by atoms with Crippen LogP contribution in [0.15, 0.2) is 18.3 Å². The van der Waals surface area contributed by atoms with Gasteiger partial charge >= 0.3 is 0 Å². The van der Waals surface area contributed by atoms with E-state index in [0.717, 1.165) is 12.2 Å². The van der Waals surface area contributed by atoms with Gasteiger partial charge in [-0.05, 0) is 26.0 Å². The standard InChI is InChI=1S/C13H18N4OS/c1-13(2)12(18)16(3)6-7-17(13)9-4-5-10(11(14)19)15-8-9/h4-5,8H,6-7H2,1-3H3,(H2,14,19). The molecule has 2 N–H and O–H groups in total. The number of carbonyl (C=O) groups is 1. The highest BCUT2D eigenvalue weighted by atomic mass is 32.1. The molecule has 1 amide bonds. The molecule has 0 atom stereocenters. The number of hydrogen-bond acceptors (Lipinski definition) is 4. The van der Waals surface area contributed by atoms with E-state index in [1.807, 2.05) is 27.0 Å². The molecule has 0 unspecified atom stereocenters. The van der Waals surface area contributed by atoms with E-state index in [2.05, 4.69) is 9.88 Å². The van der Waals surface area contributed by atoms with Crippen molar-refractivity contribution in [2.75, 3.05) is 25.0 Å². The number of piperazine rings is 1. The molecule has 1 fully saturated rings. The summed E-state index contributed by atoms with van der Waals surface area (Å²) in [6.45, 7) is 5.33. The Bertz CT molecular complexity index is 512. The van der Waals surface area contributed by atoms with Crippen LogP contribution in [0.4, 0.5) is 5.69 Å². The molecule has 0 aliphatic carbocycles. The molecule has 6 heteroatoms. The molecule has 0 spiro atoms. The summed E-state index contributed by atoms with van der Waals surface area (Å²) in [7, 11) is 1.83. The van der Waals surface area contributed by atoms with Gasteiger partial charge in [-0.3, -0.25) is 9.78 Å². The minimum Gasteiger partial charge on any atom is -0.388 e. The Labute approximate surface area is 118 Å². The fourth-order valence-electron chi connectivity index (χ4n) is 2.36. The fraction of sp³-hybridized carbons (Fsp3) is 0.462. The third-order valence-electron chi connectivity index (χ3n) is 3.52. The second-order valence-corrected chi connectivity index (χ2v) is 5.64. The van der Waals surface area contributed by atoms with Crippen molar-refractivity contribution >= 4 is 28.8 Å². The Morgan fingerprint density at radius 1 is 1.42 bits per heavy atom. The first-order valence-electron chi connectivity index (χ1n) is 6.13. The minimum atomic E-state index is -0.570. The molecule has 1 aromatic rings. The first-order valence-corrected chi connectivity index (χ1v) is 6.54. The number of thiocarbonyl (C=S) groups is 1. The van der Waals surface area contributed by atoms with Crippen LogP contribution in [-0.4, -0.2) is 46.5 Å². The van der Waals surface area contributed by atoms with Crippen LogP contribution in [0.1, 0.15) is 19.5 Å². The lowest BCUT2D eigenvalue weighted by atomic mass is 9.97. The van der Waals surface area contributed by atoms with Crippen LogP contribution in [0.25, 0.3) is 0 Å². The number of carbonyl (C=O) groups excluding carboxylic acids is 1. The Kier molecular flexibility index (Phi) is 3.45.